The molecule has 4 rings (SSSR count). The average Bonchev–Trinajstić information content (AvgIpc) is 3.15. The number of hydrogen-bond donors (Lipinski definition) is 2. The lowest BCUT2D eigenvalue weighted by Gasteiger charge is -2.21. The van der Waals surface area contributed by atoms with Crippen LogP contribution in [0.25, 0.3) is 16.3 Å². The molecule has 1 saturated carbocycles. The Morgan fingerprint density at radius 3 is 2.34 bits per heavy atom. The van der Waals surface area contributed by atoms with Crippen LogP contribution in [0.15, 0.2) is 30.7 Å². The van der Waals surface area contributed by atoms with Crippen LogP contribution in [0.1, 0.15) is 39.2 Å². The number of aryl methyl sites for hydroxylation is 1. The third-order valence-electron chi connectivity index (χ3n) is 5.50. The molecule has 0 radical (unpaired) electrons. The number of alkyl halides is 8. The second kappa shape index (κ2) is 8.36. The van der Waals surface area contributed by atoms with E-state index in [0.717, 1.165) is 48.2 Å². The molecule has 3 N–H and O–H groups in total. The van der Waals surface area contributed by atoms with Gasteiger partial charge in [-0.1, -0.05) is 0 Å². The fourth-order valence-corrected chi connectivity index (χ4v) is 4.70. The summed E-state index contributed by atoms with van der Waals surface area (Å²) in [5, 5.41) is 2.82. The average molecular weight is 526 g/mol. The van der Waals surface area contributed by atoms with Gasteiger partial charge in [-0.25, -0.2) is 0 Å². The quantitative estimate of drug-likeness (QED) is 0.413. The van der Waals surface area contributed by atoms with Gasteiger partial charge in [0.05, 0.1) is 11.1 Å². The highest BCUT2D eigenvalue weighted by atomic mass is 32.1. The van der Waals surface area contributed by atoms with E-state index in [2.05, 4.69) is 5.32 Å². The molecule has 0 aliphatic heterocycles. The van der Waals surface area contributed by atoms with Crippen molar-refractivity contribution >= 4 is 17.2 Å². The van der Waals surface area contributed by atoms with E-state index < -0.39 is 35.2 Å². The van der Waals surface area contributed by atoms with Gasteiger partial charge in [0.15, 0.2) is 0 Å². The van der Waals surface area contributed by atoms with Gasteiger partial charge < -0.3 is 20.2 Å². The van der Waals surface area contributed by atoms with Crippen LogP contribution in [0.4, 0.5) is 35.1 Å². The Kier molecular flexibility index (Phi) is 6.03. The molecule has 0 atom stereocenters. The van der Waals surface area contributed by atoms with E-state index in [1.54, 1.807) is 0 Å². The van der Waals surface area contributed by atoms with Crippen LogP contribution in [0.5, 0.6) is 0 Å². The Hall–Kier alpha value is -2.87. The molecule has 0 bridgehead atoms. The van der Waals surface area contributed by atoms with Gasteiger partial charge in [0.25, 0.3) is 5.91 Å². The zero-order chi connectivity index (χ0) is 25.9. The molecule has 3 heterocycles. The summed E-state index contributed by atoms with van der Waals surface area (Å²) in [6.07, 6.45) is -7.61. The maximum Gasteiger partial charge on any atom is 0.458 e. The lowest BCUT2D eigenvalue weighted by Crippen LogP contribution is -2.35. The highest BCUT2D eigenvalue weighted by Crippen LogP contribution is 2.50. The summed E-state index contributed by atoms with van der Waals surface area (Å²) >= 11 is 1.13. The topological polar surface area (TPSA) is 65.0 Å². The normalized spacial score (nSPS) is 15.0. The molecule has 0 spiro atoms. The molecule has 5 nitrogen and oxygen atoms in total. The Morgan fingerprint density at radius 2 is 1.80 bits per heavy atom. The first-order chi connectivity index (χ1) is 16.1. The van der Waals surface area contributed by atoms with Crippen molar-refractivity contribution in [3.05, 3.63) is 52.3 Å². The fourth-order valence-electron chi connectivity index (χ4n) is 3.68. The van der Waals surface area contributed by atoms with Gasteiger partial charge in [0.1, 0.15) is 11.4 Å². The summed E-state index contributed by atoms with van der Waals surface area (Å²) in [6, 6.07) is 2.96. The SMILES string of the molecule is Cn1cc(C(F)(F)C(F)(F)F)c(C(F)(F)F)c1-n1ccc(-c2cc(C(=O)NC3CC3)c(CN)s2)c1. The first-order valence-electron chi connectivity index (χ1n) is 10.2. The second-order valence-electron chi connectivity index (χ2n) is 8.13. The number of amides is 1. The minimum atomic E-state index is -6.22. The molecule has 3 aromatic heterocycles. The third kappa shape index (κ3) is 4.56. The zero-order valence-corrected chi connectivity index (χ0v) is 18.7. The smallest absolute Gasteiger partial charge is 0.349 e. The highest BCUT2D eigenvalue weighted by Gasteiger charge is 2.62. The molecule has 3 aromatic rings. The van der Waals surface area contributed by atoms with Gasteiger partial charge in [-0.05, 0) is 25.0 Å². The summed E-state index contributed by atoms with van der Waals surface area (Å²) in [4.78, 5) is 13.5. The van der Waals surface area contributed by atoms with Gasteiger partial charge in [-0.2, -0.15) is 35.1 Å². The summed E-state index contributed by atoms with van der Waals surface area (Å²) < 4.78 is 109. The largest absolute Gasteiger partial charge is 0.458 e. The van der Waals surface area contributed by atoms with Crippen LogP contribution in [-0.4, -0.2) is 27.3 Å². The molecular formula is C21H18F8N4OS. The number of rotatable bonds is 6. The number of nitrogens with zero attached hydrogens (tertiary/aromatic N) is 2. The molecule has 0 aromatic carbocycles. The molecule has 190 valence electrons. The van der Waals surface area contributed by atoms with Crippen molar-refractivity contribution in [3.63, 3.8) is 0 Å². The van der Waals surface area contributed by atoms with Gasteiger partial charge in [-0.3, -0.25) is 4.79 Å². The molecule has 14 heteroatoms. The Bertz CT molecular complexity index is 1260. The van der Waals surface area contributed by atoms with Gasteiger partial charge >= 0.3 is 18.3 Å². The number of thiophene rings is 1. The Labute approximate surface area is 197 Å². The number of halogens is 8. The molecule has 35 heavy (non-hydrogen) atoms. The Morgan fingerprint density at radius 1 is 1.14 bits per heavy atom. The monoisotopic (exact) mass is 526 g/mol. The van der Waals surface area contributed by atoms with Crippen molar-refractivity contribution in [1.82, 2.24) is 14.5 Å². The van der Waals surface area contributed by atoms with Crippen molar-refractivity contribution in [2.45, 2.75) is 43.7 Å². The van der Waals surface area contributed by atoms with E-state index in [1.165, 1.54) is 12.1 Å². The Balaban J connectivity index is 1.78. The first-order valence-corrected chi connectivity index (χ1v) is 11.0. The summed E-state index contributed by atoms with van der Waals surface area (Å²) in [5.74, 6) is -6.97. The van der Waals surface area contributed by atoms with Crippen LogP contribution in [0.2, 0.25) is 0 Å². The maximum atomic E-state index is 14.0. The van der Waals surface area contributed by atoms with Crippen molar-refractivity contribution in [2.75, 3.05) is 0 Å². The van der Waals surface area contributed by atoms with E-state index in [0.29, 0.717) is 25.4 Å². The predicted molar refractivity (Wildman–Crippen MR) is 111 cm³/mol. The zero-order valence-electron chi connectivity index (χ0n) is 17.9. The number of nitrogens with two attached hydrogens (primary N) is 1. The van der Waals surface area contributed by atoms with Crippen LogP contribution in [-0.2, 0) is 25.7 Å². The first kappa shape index (κ1) is 25.2. The van der Waals surface area contributed by atoms with Crippen molar-refractivity contribution in [2.24, 2.45) is 12.8 Å². The highest BCUT2D eigenvalue weighted by molar-refractivity contribution is 7.15. The maximum absolute atomic E-state index is 14.0. The molecule has 0 unspecified atom stereocenters. The van der Waals surface area contributed by atoms with Gasteiger partial charge in [0.2, 0.25) is 0 Å². The lowest BCUT2D eigenvalue weighted by molar-refractivity contribution is -0.290. The van der Waals surface area contributed by atoms with E-state index in [9.17, 15) is 39.9 Å². The van der Waals surface area contributed by atoms with Crippen LogP contribution in [0, 0.1) is 0 Å². The van der Waals surface area contributed by atoms with Crippen LogP contribution < -0.4 is 11.1 Å². The van der Waals surface area contributed by atoms with Gasteiger partial charge in [0, 0.05) is 53.5 Å². The standard InChI is InChI=1S/C21H18F8N4OS/c1-32-9-13(19(22,23)21(27,28)29)16(20(24,25)26)18(32)33-5-4-10(8-33)14-6-12(15(7-30)35-14)17(34)31-11-2-3-11/h4-6,8-9,11H,2-3,7,30H2,1H3,(H,31,34). The minimum Gasteiger partial charge on any atom is -0.349 e. The molecule has 1 amide bonds. The summed E-state index contributed by atoms with van der Waals surface area (Å²) in [7, 11) is 0.943. The third-order valence-corrected chi connectivity index (χ3v) is 6.71. The lowest BCUT2D eigenvalue weighted by atomic mass is 10.1. The summed E-state index contributed by atoms with van der Waals surface area (Å²) in [5.41, 5.74) is 2.08. The number of carbonyl (C=O) groups excluding carboxylic acids is 1. The molecule has 1 fully saturated rings. The van der Waals surface area contributed by atoms with E-state index in [1.807, 2.05) is 0 Å². The number of nitrogens with one attached hydrogen (secondary N) is 1. The van der Waals surface area contributed by atoms with Crippen LogP contribution in [0.3, 0.4) is 0 Å². The number of carbonyl (C=O) groups is 1. The van der Waals surface area contributed by atoms with E-state index in [4.69, 9.17) is 5.73 Å². The van der Waals surface area contributed by atoms with Crippen molar-refractivity contribution in [3.8, 4) is 16.3 Å². The summed E-state index contributed by atoms with van der Waals surface area (Å²) in [6.45, 7) is 0.0325. The number of hydrogen-bond acceptors (Lipinski definition) is 3. The molecule has 0 saturated heterocycles. The predicted octanol–water partition coefficient (Wildman–Crippen LogP) is 5.57. The molecule has 1 aliphatic rings. The van der Waals surface area contributed by atoms with Crippen molar-refractivity contribution in [1.29, 1.82) is 0 Å². The number of aromatic nitrogens is 2. The van der Waals surface area contributed by atoms with Crippen LogP contribution >= 0.6 is 11.3 Å². The van der Waals surface area contributed by atoms with Crippen molar-refractivity contribution < 1.29 is 39.9 Å². The van der Waals surface area contributed by atoms with Gasteiger partial charge in [-0.15, -0.1) is 11.3 Å². The minimum absolute atomic E-state index is 0.0325. The van der Waals surface area contributed by atoms with E-state index in [-0.39, 0.29) is 24.7 Å². The fraction of sp³-hybridized carbons (Fsp3) is 0.381. The second-order valence-corrected chi connectivity index (χ2v) is 9.27. The molecule has 1 aliphatic carbocycles. The van der Waals surface area contributed by atoms with E-state index >= 15 is 0 Å². The molecular weight excluding hydrogens is 508 g/mol.